The van der Waals surface area contributed by atoms with Crippen LogP contribution in [0.3, 0.4) is 0 Å². The second-order valence-electron chi connectivity index (χ2n) is 4.71. The zero-order valence-electron chi connectivity index (χ0n) is 11.6. The summed E-state index contributed by atoms with van der Waals surface area (Å²) in [5.74, 6) is 0. The van der Waals surface area contributed by atoms with Gasteiger partial charge in [0.1, 0.15) is 0 Å². The van der Waals surface area contributed by atoms with E-state index in [2.05, 4.69) is 10.4 Å². The first-order valence-electron chi connectivity index (χ1n) is 6.42. The predicted octanol–water partition coefficient (Wildman–Crippen LogP) is 4.27. The lowest BCUT2D eigenvalue weighted by Gasteiger charge is -2.11. The fraction of sp³-hybridized carbons (Fsp3) is 0.357. The molecule has 114 valence electrons. The Labute approximate surface area is 125 Å². The lowest BCUT2D eigenvalue weighted by Crippen LogP contribution is -2.07. The Balaban J connectivity index is 2.18. The highest BCUT2D eigenvalue weighted by molar-refractivity contribution is 6.30. The van der Waals surface area contributed by atoms with E-state index >= 15 is 0 Å². The summed E-state index contributed by atoms with van der Waals surface area (Å²) in [6.07, 6.45) is -1.80. The van der Waals surface area contributed by atoms with Crippen LogP contribution in [0, 0.1) is 0 Å². The average Bonchev–Trinajstić information content (AvgIpc) is 2.75. The van der Waals surface area contributed by atoms with Gasteiger partial charge in [0.15, 0.2) is 0 Å². The Kier molecular flexibility index (Phi) is 4.46. The molecule has 0 spiro atoms. The van der Waals surface area contributed by atoms with Gasteiger partial charge in [-0.15, -0.1) is 0 Å². The van der Waals surface area contributed by atoms with Gasteiger partial charge in [0.05, 0.1) is 11.3 Å². The average molecular weight is 318 g/mol. The molecule has 1 heterocycles. The van der Waals surface area contributed by atoms with Crippen LogP contribution in [0.5, 0.6) is 0 Å². The minimum atomic E-state index is -4.41. The maximum atomic E-state index is 12.7. The molecule has 0 bridgehead atoms. The van der Waals surface area contributed by atoms with E-state index in [-0.39, 0.29) is 5.02 Å². The maximum Gasteiger partial charge on any atom is 0.416 e. The molecule has 0 aliphatic rings. The molecule has 0 aliphatic carbocycles. The van der Waals surface area contributed by atoms with Crippen LogP contribution in [-0.2, 0) is 26.2 Å². The summed E-state index contributed by atoms with van der Waals surface area (Å²) in [6.45, 7) is 2.38. The number of nitrogens with one attached hydrogen (secondary N) is 1. The van der Waals surface area contributed by atoms with Crippen molar-refractivity contribution in [2.75, 3.05) is 5.32 Å². The Morgan fingerprint density at radius 1 is 1.29 bits per heavy atom. The molecule has 2 aromatic rings. The van der Waals surface area contributed by atoms with Crippen molar-refractivity contribution in [3.05, 3.63) is 46.2 Å². The quantitative estimate of drug-likeness (QED) is 0.912. The first kappa shape index (κ1) is 15.7. The third-order valence-corrected chi connectivity index (χ3v) is 3.25. The first-order valence-corrected chi connectivity index (χ1v) is 6.80. The van der Waals surface area contributed by atoms with Gasteiger partial charge in [-0.3, -0.25) is 4.68 Å². The van der Waals surface area contributed by atoms with Gasteiger partial charge in [0.2, 0.25) is 0 Å². The monoisotopic (exact) mass is 317 g/mol. The standard InChI is InChI=1S/C14H15ClF3N3/c1-3-13-9(8-21(2)20-13)7-19-12-5-10(14(16,17)18)4-11(15)6-12/h4-6,8,19H,3,7H2,1-2H3. The Hall–Kier alpha value is -1.69. The molecule has 1 N–H and O–H groups in total. The molecular formula is C14H15ClF3N3. The normalized spacial score (nSPS) is 11.7. The molecular weight excluding hydrogens is 303 g/mol. The van der Waals surface area contributed by atoms with Crippen molar-refractivity contribution in [2.45, 2.75) is 26.1 Å². The SMILES string of the molecule is CCc1nn(C)cc1CNc1cc(Cl)cc(C(F)(F)F)c1. The van der Waals surface area contributed by atoms with Crippen LogP contribution in [0.25, 0.3) is 0 Å². The van der Waals surface area contributed by atoms with Gasteiger partial charge in [0.25, 0.3) is 0 Å². The summed E-state index contributed by atoms with van der Waals surface area (Å²) >= 11 is 5.74. The van der Waals surface area contributed by atoms with Crippen molar-refractivity contribution in [3.63, 3.8) is 0 Å². The number of halogens is 4. The van der Waals surface area contributed by atoms with Crippen molar-refractivity contribution in [3.8, 4) is 0 Å². The van der Waals surface area contributed by atoms with E-state index in [1.54, 1.807) is 4.68 Å². The zero-order valence-corrected chi connectivity index (χ0v) is 12.4. The summed E-state index contributed by atoms with van der Waals surface area (Å²) < 4.78 is 39.9. The maximum absolute atomic E-state index is 12.7. The number of aromatic nitrogens is 2. The van der Waals surface area contributed by atoms with E-state index in [1.807, 2.05) is 20.2 Å². The Morgan fingerprint density at radius 2 is 2.00 bits per heavy atom. The molecule has 7 heteroatoms. The van der Waals surface area contributed by atoms with Gasteiger partial charge in [-0.05, 0) is 24.6 Å². The molecule has 1 aromatic heterocycles. The third kappa shape index (κ3) is 3.91. The van der Waals surface area contributed by atoms with E-state index in [4.69, 9.17) is 11.6 Å². The fourth-order valence-electron chi connectivity index (χ4n) is 2.08. The molecule has 3 nitrogen and oxygen atoms in total. The van der Waals surface area contributed by atoms with Gasteiger partial charge in [-0.1, -0.05) is 18.5 Å². The molecule has 0 aliphatic heterocycles. The second kappa shape index (κ2) is 5.97. The molecule has 0 saturated carbocycles. The number of hydrogen-bond donors (Lipinski definition) is 1. The van der Waals surface area contributed by atoms with Gasteiger partial charge < -0.3 is 5.32 Å². The topological polar surface area (TPSA) is 29.9 Å². The lowest BCUT2D eigenvalue weighted by atomic mass is 10.1. The summed E-state index contributed by atoms with van der Waals surface area (Å²) in [6, 6.07) is 3.43. The van der Waals surface area contributed by atoms with E-state index in [1.165, 1.54) is 6.07 Å². The van der Waals surface area contributed by atoms with Crippen LogP contribution >= 0.6 is 11.6 Å². The molecule has 0 amide bonds. The van der Waals surface area contributed by atoms with Crippen LogP contribution in [0.1, 0.15) is 23.7 Å². The molecule has 2 rings (SSSR count). The van der Waals surface area contributed by atoms with Gasteiger partial charge in [0, 0.05) is 36.1 Å². The second-order valence-corrected chi connectivity index (χ2v) is 5.14. The molecule has 0 fully saturated rings. The Bertz CT molecular complexity index is 635. The highest BCUT2D eigenvalue weighted by Gasteiger charge is 2.31. The van der Waals surface area contributed by atoms with E-state index < -0.39 is 11.7 Å². The van der Waals surface area contributed by atoms with Gasteiger partial charge in [-0.25, -0.2) is 0 Å². The number of benzene rings is 1. The smallest absolute Gasteiger partial charge is 0.381 e. The van der Waals surface area contributed by atoms with Crippen molar-refractivity contribution in [1.29, 1.82) is 0 Å². The van der Waals surface area contributed by atoms with Crippen LogP contribution in [0.2, 0.25) is 5.02 Å². The summed E-state index contributed by atoms with van der Waals surface area (Å²) in [5, 5.41) is 7.30. The largest absolute Gasteiger partial charge is 0.416 e. The molecule has 0 saturated heterocycles. The van der Waals surface area contributed by atoms with Crippen LogP contribution in [0.4, 0.5) is 18.9 Å². The lowest BCUT2D eigenvalue weighted by molar-refractivity contribution is -0.137. The summed E-state index contributed by atoms with van der Waals surface area (Å²) in [7, 11) is 1.81. The van der Waals surface area contributed by atoms with Crippen molar-refractivity contribution < 1.29 is 13.2 Å². The summed E-state index contributed by atoms with van der Waals surface area (Å²) in [5.41, 5.74) is 1.44. The number of hydrogen-bond acceptors (Lipinski definition) is 2. The molecule has 0 atom stereocenters. The molecule has 0 radical (unpaired) electrons. The molecule has 21 heavy (non-hydrogen) atoms. The molecule has 1 aromatic carbocycles. The van der Waals surface area contributed by atoms with E-state index in [0.29, 0.717) is 12.2 Å². The van der Waals surface area contributed by atoms with Crippen molar-refractivity contribution in [1.82, 2.24) is 9.78 Å². The minimum Gasteiger partial charge on any atom is -0.381 e. The summed E-state index contributed by atoms with van der Waals surface area (Å²) in [4.78, 5) is 0. The van der Waals surface area contributed by atoms with Crippen LogP contribution in [-0.4, -0.2) is 9.78 Å². The van der Waals surface area contributed by atoms with Crippen molar-refractivity contribution in [2.24, 2.45) is 7.05 Å². The highest BCUT2D eigenvalue weighted by Crippen LogP contribution is 2.33. The third-order valence-electron chi connectivity index (χ3n) is 3.03. The number of anilines is 1. The number of nitrogens with zero attached hydrogens (tertiary/aromatic N) is 2. The van der Waals surface area contributed by atoms with Gasteiger partial charge in [-0.2, -0.15) is 18.3 Å². The van der Waals surface area contributed by atoms with E-state index in [0.717, 1.165) is 29.8 Å². The van der Waals surface area contributed by atoms with E-state index in [9.17, 15) is 13.2 Å². The van der Waals surface area contributed by atoms with Crippen LogP contribution in [0.15, 0.2) is 24.4 Å². The van der Waals surface area contributed by atoms with Crippen molar-refractivity contribution >= 4 is 17.3 Å². The highest BCUT2D eigenvalue weighted by atomic mass is 35.5. The number of rotatable bonds is 4. The number of alkyl halides is 3. The Morgan fingerprint density at radius 3 is 2.62 bits per heavy atom. The minimum absolute atomic E-state index is 0.0502. The molecule has 0 unspecified atom stereocenters. The zero-order chi connectivity index (χ0) is 15.6. The first-order chi connectivity index (χ1) is 9.79. The predicted molar refractivity (Wildman–Crippen MR) is 76.4 cm³/mol. The fourth-order valence-corrected chi connectivity index (χ4v) is 2.32. The van der Waals surface area contributed by atoms with Gasteiger partial charge >= 0.3 is 6.18 Å². The number of aryl methyl sites for hydroxylation is 2. The van der Waals surface area contributed by atoms with Crippen LogP contribution < -0.4 is 5.32 Å².